The summed E-state index contributed by atoms with van der Waals surface area (Å²) in [6.45, 7) is 1.90. The highest BCUT2D eigenvalue weighted by Gasteiger charge is 2.35. The number of phenols is 1. The lowest BCUT2D eigenvalue weighted by atomic mass is 9.93. The average molecular weight is 543 g/mol. The second-order valence-electron chi connectivity index (χ2n) is 8.64. The molecule has 0 aliphatic carbocycles. The molecule has 1 aliphatic heterocycles. The van der Waals surface area contributed by atoms with E-state index in [9.17, 15) is 14.7 Å². The molecule has 2 heterocycles. The normalized spacial score (nSPS) is 14.9. The topological polar surface area (TPSA) is 99.4 Å². The van der Waals surface area contributed by atoms with E-state index in [1.54, 1.807) is 44.4 Å². The third-order valence-electron chi connectivity index (χ3n) is 6.28. The van der Waals surface area contributed by atoms with Crippen LogP contribution in [-0.4, -0.2) is 36.5 Å². The molecule has 1 N–H and O–H groups in total. The molecule has 1 aliphatic rings. The monoisotopic (exact) mass is 542 g/mol. The number of hydrogen-bond acceptors (Lipinski definition) is 8. The molecule has 1 aromatic heterocycles. The van der Waals surface area contributed by atoms with E-state index in [0.29, 0.717) is 37.7 Å². The zero-order chi connectivity index (χ0) is 27.5. The molecule has 0 saturated carbocycles. The van der Waals surface area contributed by atoms with E-state index in [4.69, 9.17) is 19.2 Å². The summed E-state index contributed by atoms with van der Waals surface area (Å²) in [6, 6.07) is 20.7. The van der Waals surface area contributed by atoms with Crippen LogP contribution >= 0.6 is 11.3 Å². The number of esters is 1. The smallest absolute Gasteiger partial charge is 0.338 e. The first-order valence-electron chi connectivity index (χ1n) is 12.2. The number of aromatic hydroxyl groups is 1. The summed E-state index contributed by atoms with van der Waals surface area (Å²) in [5.74, 6) is 0.328. The summed E-state index contributed by atoms with van der Waals surface area (Å²) in [5.41, 5.74) is 2.40. The number of fused-ring (bicyclic) bond motifs is 1. The second kappa shape index (κ2) is 11.0. The number of carbonyl (C=O) groups is 1. The van der Waals surface area contributed by atoms with Crippen molar-refractivity contribution in [3.8, 4) is 17.2 Å². The van der Waals surface area contributed by atoms with Gasteiger partial charge in [-0.25, -0.2) is 9.79 Å². The Morgan fingerprint density at radius 2 is 1.85 bits per heavy atom. The molecule has 0 saturated heterocycles. The van der Waals surface area contributed by atoms with Crippen LogP contribution < -0.4 is 24.4 Å². The van der Waals surface area contributed by atoms with Gasteiger partial charge in [0.2, 0.25) is 0 Å². The highest BCUT2D eigenvalue weighted by atomic mass is 32.1. The predicted molar refractivity (Wildman–Crippen MR) is 149 cm³/mol. The van der Waals surface area contributed by atoms with Crippen LogP contribution in [0.1, 0.15) is 29.7 Å². The molecule has 0 spiro atoms. The largest absolute Gasteiger partial charge is 0.504 e. The molecule has 3 aromatic carbocycles. The summed E-state index contributed by atoms with van der Waals surface area (Å²) < 4.78 is 18.0. The Morgan fingerprint density at radius 3 is 2.54 bits per heavy atom. The number of nitrogens with zero attached hydrogens (tertiary/aromatic N) is 2. The van der Waals surface area contributed by atoms with Gasteiger partial charge in [0.05, 0.1) is 42.7 Å². The summed E-state index contributed by atoms with van der Waals surface area (Å²) in [7, 11) is 3.03. The van der Waals surface area contributed by atoms with Crippen molar-refractivity contribution >= 4 is 29.1 Å². The first-order chi connectivity index (χ1) is 18.9. The lowest BCUT2D eigenvalue weighted by molar-refractivity contribution is -0.138. The van der Waals surface area contributed by atoms with E-state index in [0.717, 1.165) is 5.56 Å². The van der Waals surface area contributed by atoms with Crippen LogP contribution in [0.5, 0.6) is 17.2 Å². The molecule has 4 aromatic rings. The van der Waals surface area contributed by atoms with Crippen LogP contribution in [0.4, 0.5) is 0 Å². The van der Waals surface area contributed by atoms with E-state index in [-0.39, 0.29) is 23.5 Å². The Balaban J connectivity index is 1.81. The Bertz CT molecular complexity index is 1750. The summed E-state index contributed by atoms with van der Waals surface area (Å²) in [4.78, 5) is 32.7. The Hall–Kier alpha value is -4.63. The number of thiazole rings is 1. The van der Waals surface area contributed by atoms with E-state index in [1.807, 2.05) is 42.5 Å². The van der Waals surface area contributed by atoms with Gasteiger partial charge in [-0.15, -0.1) is 0 Å². The molecule has 39 heavy (non-hydrogen) atoms. The van der Waals surface area contributed by atoms with Crippen LogP contribution in [-0.2, 0) is 9.53 Å². The van der Waals surface area contributed by atoms with Gasteiger partial charge < -0.3 is 19.3 Å². The molecule has 1 atom stereocenters. The molecular weight excluding hydrogens is 516 g/mol. The molecule has 8 nitrogen and oxygen atoms in total. The van der Waals surface area contributed by atoms with E-state index in [1.165, 1.54) is 29.1 Å². The van der Waals surface area contributed by atoms with Crippen molar-refractivity contribution in [1.29, 1.82) is 0 Å². The fraction of sp³-hybridized carbons (Fsp3) is 0.167. The number of hydrogen-bond donors (Lipinski definition) is 1. The van der Waals surface area contributed by atoms with Crippen LogP contribution in [0.15, 0.2) is 88.2 Å². The number of phenolic OH excluding ortho intramolecular Hbond substituents is 1. The van der Waals surface area contributed by atoms with Gasteiger partial charge in [0, 0.05) is 5.56 Å². The minimum absolute atomic E-state index is 0.0377. The van der Waals surface area contributed by atoms with E-state index in [2.05, 4.69) is 0 Å². The first-order valence-corrected chi connectivity index (χ1v) is 13.1. The molecule has 0 amide bonds. The molecular formula is C30H26N2O6S. The van der Waals surface area contributed by atoms with Crippen LogP contribution in [0.3, 0.4) is 0 Å². The zero-order valence-corrected chi connectivity index (χ0v) is 22.4. The molecule has 0 radical (unpaired) electrons. The fourth-order valence-electron chi connectivity index (χ4n) is 4.52. The van der Waals surface area contributed by atoms with Crippen molar-refractivity contribution < 1.29 is 24.1 Å². The van der Waals surface area contributed by atoms with Gasteiger partial charge in [0.1, 0.15) is 5.75 Å². The third-order valence-corrected chi connectivity index (χ3v) is 7.27. The maximum absolute atomic E-state index is 13.9. The van der Waals surface area contributed by atoms with Crippen molar-refractivity contribution in [2.24, 2.45) is 4.99 Å². The van der Waals surface area contributed by atoms with Gasteiger partial charge in [-0.05, 0) is 48.4 Å². The summed E-state index contributed by atoms with van der Waals surface area (Å²) in [6.07, 6.45) is 1.68. The van der Waals surface area contributed by atoms with Gasteiger partial charge >= 0.3 is 5.97 Å². The second-order valence-corrected chi connectivity index (χ2v) is 9.65. The van der Waals surface area contributed by atoms with Gasteiger partial charge in [-0.2, -0.15) is 0 Å². The minimum atomic E-state index is -0.808. The quantitative estimate of drug-likeness (QED) is 0.358. The Kier molecular flexibility index (Phi) is 7.33. The fourth-order valence-corrected chi connectivity index (χ4v) is 5.52. The number of benzene rings is 3. The number of ether oxygens (including phenoxy) is 3. The lowest BCUT2D eigenvalue weighted by Crippen LogP contribution is -2.40. The van der Waals surface area contributed by atoms with Crippen molar-refractivity contribution in [3.05, 3.63) is 115 Å². The van der Waals surface area contributed by atoms with Crippen molar-refractivity contribution in [2.45, 2.75) is 13.0 Å². The molecule has 198 valence electrons. The third kappa shape index (κ3) is 4.96. The molecule has 0 unspecified atom stereocenters. The summed E-state index contributed by atoms with van der Waals surface area (Å²) in [5, 5.41) is 10.2. The van der Waals surface area contributed by atoms with Crippen LogP contribution in [0.25, 0.3) is 11.8 Å². The zero-order valence-electron chi connectivity index (χ0n) is 21.6. The van der Waals surface area contributed by atoms with Gasteiger partial charge in [-0.1, -0.05) is 59.9 Å². The number of methoxy groups -OCH3 is 2. The highest BCUT2D eigenvalue weighted by molar-refractivity contribution is 7.07. The maximum Gasteiger partial charge on any atom is 0.338 e. The van der Waals surface area contributed by atoms with E-state index >= 15 is 0 Å². The van der Waals surface area contributed by atoms with Gasteiger partial charge in [0.15, 0.2) is 16.3 Å². The SMILES string of the molecule is CCOC(=O)C1=C(c2ccccc2)N=c2sc(=Cc3ccc(OC)c(O)c3)c(=O)n2[C@H]1c1cccc(OC)c1. The minimum Gasteiger partial charge on any atom is -0.504 e. The molecule has 5 rings (SSSR count). The molecule has 0 fully saturated rings. The Morgan fingerprint density at radius 1 is 1.05 bits per heavy atom. The maximum atomic E-state index is 13.9. The van der Waals surface area contributed by atoms with Crippen molar-refractivity contribution in [3.63, 3.8) is 0 Å². The Labute approximate surface area is 228 Å². The highest BCUT2D eigenvalue weighted by Crippen LogP contribution is 2.36. The average Bonchev–Trinajstić information content (AvgIpc) is 3.27. The van der Waals surface area contributed by atoms with Crippen molar-refractivity contribution in [1.82, 2.24) is 4.57 Å². The van der Waals surface area contributed by atoms with Crippen LogP contribution in [0.2, 0.25) is 0 Å². The molecule has 0 bridgehead atoms. The van der Waals surface area contributed by atoms with Gasteiger partial charge in [-0.3, -0.25) is 9.36 Å². The number of carbonyl (C=O) groups excluding carboxylic acids is 1. The summed E-state index contributed by atoms with van der Waals surface area (Å²) >= 11 is 1.20. The van der Waals surface area contributed by atoms with Crippen LogP contribution in [0, 0.1) is 0 Å². The lowest BCUT2D eigenvalue weighted by Gasteiger charge is -2.26. The number of aromatic nitrogens is 1. The number of rotatable bonds is 7. The van der Waals surface area contributed by atoms with Gasteiger partial charge in [0.25, 0.3) is 5.56 Å². The first kappa shape index (κ1) is 26.0. The molecule has 9 heteroatoms. The van der Waals surface area contributed by atoms with Crippen molar-refractivity contribution in [2.75, 3.05) is 20.8 Å². The standard InChI is InChI=1S/C30H26N2O6S/c1-4-38-29(35)25-26(19-9-6-5-7-10-19)31-30-32(27(25)20-11-8-12-21(17-20)36-2)28(34)24(39-30)16-18-13-14-23(37-3)22(33)15-18/h5-17,27,33H,4H2,1-3H3/t27-/m0/s1. The van der Waals surface area contributed by atoms with E-state index < -0.39 is 12.0 Å². The predicted octanol–water partition coefficient (Wildman–Crippen LogP) is 3.66.